The summed E-state index contributed by atoms with van der Waals surface area (Å²) in [6.07, 6.45) is -8.82. The maximum Gasteiger partial charge on any atom is 0.417 e. The Morgan fingerprint density at radius 3 is 2.56 bits per heavy atom. The average Bonchev–Trinajstić information content (AvgIpc) is 2.60. The molecular formula is C17H19F3N2O5. The second-order valence-corrected chi connectivity index (χ2v) is 6.52. The Balaban J connectivity index is 1.93. The molecule has 2 heterocycles. The first-order valence-corrected chi connectivity index (χ1v) is 8.25. The van der Waals surface area contributed by atoms with Gasteiger partial charge in [0.2, 0.25) is 5.56 Å². The van der Waals surface area contributed by atoms with Crippen LogP contribution in [0.25, 0.3) is 10.9 Å². The lowest BCUT2D eigenvalue weighted by Gasteiger charge is -2.41. The van der Waals surface area contributed by atoms with Crippen molar-refractivity contribution in [3.05, 3.63) is 40.2 Å². The fourth-order valence-electron chi connectivity index (χ4n) is 3.28. The van der Waals surface area contributed by atoms with Gasteiger partial charge in [0.15, 0.2) is 0 Å². The lowest BCUT2D eigenvalue weighted by molar-refractivity contribution is -0.180. The third kappa shape index (κ3) is 3.79. The van der Waals surface area contributed by atoms with Crippen molar-refractivity contribution < 1.29 is 33.2 Å². The standard InChI is InChI=1S/C17H19F3N2O5/c1-7-14(16(26)15(25)12(6-23)27-7)21-8-2-3-9-10(17(18,19)20)5-13(24)22-11(9)4-8/h2-5,7,12,14-16,21,23,25-26H,6H2,1H3,(H,22,24). The highest BCUT2D eigenvalue weighted by molar-refractivity contribution is 5.85. The van der Waals surface area contributed by atoms with Crippen molar-refractivity contribution in [3.63, 3.8) is 0 Å². The molecule has 10 heteroatoms. The van der Waals surface area contributed by atoms with E-state index in [1.165, 1.54) is 18.2 Å². The number of halogens is 3. The van der Waals surface area contributed by atoms with Gasteiger partial charge in [0.1, 0.15) is 18.3 Å². The van der Waals surface area contributed by atoms with Gasteiger partial charge in [-0.1, -0.05) is 6.07 Å². The first kappa shape index (κ1) is 19.6. The van der Waals surface area contributed by atoms with E-state index >= 15 is 0 Å². The maximum atomic E-state index is 13.1. The van der Waals surface area contributed by atoms with E-state index in [4.69, 9.17) is 9.84 Å². The molecule has 0 spiro atoms. The van der Waals surface area contributed by atoms with Crippen molar-refractivity contribution in [1.29, 1.82) is 0 Å². The molecule has 1 aromatic heterocycles. The monoisotopic (exact) mass is 388 g/mol. The Labute approximate surface area is 151 Å². The quantitative estimate of drug-likeness (QED) is 0.532. The number of pyridine rings is 1. The number of rotatable bonds is 3. The summed E-state index contributed by atoms with van der Waals surface area (Å²) in [6, 6.07) is 3.62. The molecule has 5 atom stereocenters. The minimum atomic E-state index is -4.67. The van der Waals surface area contributed by atoms with Crippen LogP contribution >= 0.6 is 0 Å². The maximum absolute atomic E-state index is 13.1. The molecule has 5 unspecified atom stereocenters. The van der Waals surface area contributed by atoms with Gasteiger partial charge in [0, 0.05) is 17.1 Å². The summed E-state index contributed by atoms with van der Waals surface area (Å²) in [5.41, 5.74) is -1.62. The van der Waals surface area contributed by atoms with E-state index in [9.17, 15) is 28.2 Å². The molecule has 1 aliphatic rings. The minimum absolute atomic E-state index is 0.0209. The second kappa shape index (κ2) is 7.12. The highest BCUT2D eigenvalue weighted by atomic mass is 19.4. The topological polar surface area (TPSA) is 115 Å². The Morgan fingerprint density at radius 2 is 1.93 bits per heavy atom. The molecule has 1 aromatic carbocycles. The van der Waals surface area contributed by atoms with Crippen LogP contribution in [0.1, 0.15) is 12.5 Å². The Morgan fingerprint density at radius 1 is 1.22 bits per heavy atom. The van der Waals surface area contributed by atoms with E-state index in [1.807, 2.05) is 0 Å². The molecular weight excluding hydrogens is 369 g/mol. The summed E-state index contributed by atoms with van der Waals surface area (Å²) >= 11 is 0. The molecule has 0 bridgehead atoms. The minimum Gasteiger partial charge on any atom is -0.394 e. The number of hydrogen-bond acceptors (Lipinski definition) is 6. The van der Waals surface area contributed by atoms with E-state index in [0.717, 1.165) is 0 Å². The number of anilines is 1. The third-order valence-corrected chi connectivity index (χ3v) is 4.66. The van der Waals surface area contributed by atoms with Crippen LogP contribution < -0.4 is 10.9 Å². The van der Waals surface area contributed by atoms with Crippen LogP contribution in [0.2, 0.25) is 0 Å². The van der Waals surface area contributed by atoms with Crippen LogP contribution in [-0.2, 0) is 10.9 Å². The van der Waals surface area contributed by atoms with E-state index < -0.39 is 54.4 Å². The Bertz CT molecular complexity index is 885. The third-order valence-electron chi connectivity index (χ3n) is 4.66. The molecule has 5 N–H and O–H groups in total. The van der Waals surface area contributed by atoms with Crippen LogP contribution in [0.4, 0.5) is 18.9 Å². The van der Waals surface area contributed by atoms with Gasteiger partial charge in [-0.2, -0.15) is 13.2 Å². The van der Waals surface area contributed by atoms with Crippen LogP contribution in [-0.4, -0.2) is 57.4 Å². The SMILES string of the molecule is CC1OC(CO)C(O)C(O)C1Nc1ccc2c(C(F)(F)F)cc(=O)[nH]c2c1. The Hall–Kier alpha value is -2.14. The zero-order chi connectivity index (χ0) is 19.9. The highest BCUT2D eigenvalue weighted by Gasteiger charge is 2.42. The predicted octanol–water partition coefficient (Wildman–Crippen LogP) is 0.829. The number of H-pyrrole nitrogens is 1. The molecule has 7 nitrogen and oxygen atoms in total. The first-order valence-electron chi connectivity index (χ1n) is 8.25. The van der Waals surface area contributed by atoms with E-state index in [2.05, 4.69) is 10.3 Å². The molecule has 3 rings (SSSR count). The zero-order valence-electron chi connectivity index (χ0n) is 14.2. The molecule has 0 aliphatic carbocycles. The van der Waals surface area contributed by atoms with Gasteiger partial charge >= 0.3 is 6.18 Å². The van der Waals surface area contributed by atoms with E-state index in [1.54, 1.807) is 6.92 Å². The van der Waals surface area contributed by atoms with Crippen LogP contribution in [0, 0.1) is 0 Å². The van der Waals surface area contributed by atoms with Gasteiger partial charge in [-0.3, -0.25) is 4.79 Å². The van der Waals surface area contributed by atoms with Gasteiger partial charge in [-0.15, -0.1) is 0 Å². The lowest BCUT2D eigenvalue weighted by Crippen LogP contribution is -2.60. The van der Waals surface area contributed by atoms with Gasteiger partial charge in [0.25, 0.3) is 0 Å². The number of alkyl halides is 3. The molecule has 2 aromatic rings. The fraction of sp³-hybridized carbons (Fsp3) is 0.471. The van der Waals surface area contributed by atoms with Gasteiger partial charge in [-0.25, -0.2) is 0 Å². The lowest BCUT2D eigenvalue weighted by atomic mass is 9.93. The summed E-state index contributed by atoms with van der Waals surface area (Å²) in [5, 5.41) is 32.2. The van der Waals surface area contributed by atoms with Crippen LogP contribution in [0.15, 0.2) is 29.1 Å². The van der Waals surface area contributed by atoms with Gasteiger partial charge in [-0.05, 0) is 19.1 Å². The molecule has 1 aliphatic heterocycles. The number of aliphatic hydroxyl groups excluding tert-OH is 3. The molecule has 1 saturated heterocycles. The smallest absolute Gasteiger partial charge is 0.394 e. The van der Waals surface area contributed by atoms with Crippen molar-refractivity contribution in [2.24, 2.45) is 0 Å². The van der Waals surface area contributed by atoms with Crippen molar-refractivity contribution >= 4 is 16.6 Å². The molecule has 27 heavy (non-hydrogen) atoms. The summed E-state index contributed by atoms with van der Waals surface area (Å²) in [7, 11) is 0. The van der Waals surface area contributed by atoms with Crippen molar-refractivity contribution in [3.8, 4) is 0 Å². The largest absolute Gasteiger partial charge is 0.417 e. The number of aromatic amines is 1. The highest BCUT2D eigenvalue weighted by Crippen LogP contribution is 2.34. The molecule has 0 radical (unpaired) electrons. The van der Waals surface area contributed by atoms with E-state index in [0.29, 0.717) is 11.8 Å². The summed E-state index contributed by atoms with van der Waals surface area (Å²) < 4.78 is 44.8. The van der Waals surface area contributed by atoms with E-state index in [-0.39, 0.29) is 10.9 Å². The molecule has 148 valence electrons. The van der Waals surface area contributed by atoms with Crippen LogP contribution in [0.5, 0.6) is 0 Å². The normalized spacial score (nSPS) is 29.1. The Kier molecular flexibility index (Phi) is 5.17. The molecule has 1 fully saturated rings. The predicted molar refractivity (Wildman–Crippen MR) is 90.4 cm³/mol. The number of fused-ring (bicyclic) bond motifs is 1. The van der Waals surface area contributed by atoms with Crippen LogP contribution in [0.3, 0.4) is 0 Å². The number of aromatic nitrogens is 1. The van der Waals surface area contributed by atoms with Gasteiger partial charge < -0.3 is 30.4 Å². The number of ether oxygens (including phenoxy) is 1. The van der Waals surface area contributed by atoms with Crippen molar-refractivity contribution in [2.45, 2.75) is 43.6 Å². The van der Waals surface area contributed by atoms with Crippen molar-refractivity contribution in [1.82, 2.24) is 4.98 Å². The van der Waals surface area contributed by atoms with Gasteiger partial charge in [0.05, 0.1) is 29.8 Å². The molecule has 0 amide bonds. The van der Waals surface area contributed by atoms with Crippen molar-refractivity contribution in [2.75, 3.05) is 11.9 Å². The fourth-order valence-corrected chi connectivity index (χ4v) is 3.28. The first-order chi connectivity index (χ1) is 12.6. The average molecular weight is 388 g/mol. The summed E-state index contributed by atoms with van der Waals surface area (Å²) in [5.74, 6) is 0. The summed E-state index contributed by atoms with van der Waals surface area (Å²) in [4.78, 5) is 13.9. The summed E-state index contributed by atoms with van der Waals surface area (Å²) in [6.45, 7) is 1.16. The number of benzene rings is 1. The molecule has 0 saturated carbocycles. The number of hydrogen-bond donors (Lipinski definition) is 5. The number of aliphatic hydroxyl groups is 3. The second-order valence-electron chi connectivity index (χ2n) is 6.52. The number of nitrogens with one attached hydrogen (secondary N) is 2. The zero-order valence-corrected chi connectivity index (χ0v) is 14.2.